The standard InChI is InChI=1S/C27H35N3O7S/c1-17(16-38(35,36)37)14-22-19-8-12-23(30-34)26(22)21(18-6-4-3-5-7-18)11-9-20(31)10-13-25(32)29-24(15-19)27(33)28-2/h3-8,12,17,21,24,30,34H,9-11,13-16H2,1-2H3,(H,28,33)(H,29,32)(H,35,36,37)/t17-,21?,24?/m1/s1. The average molecular weight is 546 g/mol. The Hall–Kier alpha value is -3.28. The topological polar surface area (TPSA) is 162 Å². The smallest absolute Gasteiger partial charge is 0.265 e. The van der Waals surface area contributed by atoms with Crippen LogP contribution in [0.5, 0.6) is 0 Å². The van der Waals surface area contributed by atoms with E-state index in [2.05, 4.69) is 16.1 Å². The van der Waals surface area contributed by atoms with Crippen LogP contribution in [-0.4, -0.2) is 54.6 Å². The highest BCUT2D eigenvalue weighted by atomic mass is 32.2. The van der Waals surface area contributed by atoms with Gasteiger partial charge in [-0.15, -0.1) is 0 Å². The Bertz CT molecular complexity index is 1260. The molecule has 0 fully saturated rings. The van der Waals surface area contributed by atoms with Crippen LogP contribution in [0.25, 0.3) is 0 Å². The van der Waals surface area contributed by atoms with E-state index in [9.17, 15) is 32.6 Å². The van der Waals surface area contributed by atoms with Gasteiger partial charge in [0.2, 0.25) is 11.8 Å². The molecule has 0 aliphatic carbocycles. The molecule has 2 amide bonds. The lowest BCUT2D eigenvalue weighted by Gasteiger charge is -2.28. The van der Waals surface area contributed by atoms with Gasteiger partial charge in [-0.25, -0.2) is 0 Å². The molecule has 11 heteroatoms. The monoisotopic (exact) mass is 545 g/mol. The first-order valence-electron chi connectivity index (χ1n) is 12.6. The van der Waals surface area contributed by atoms with Crippen molar-refractivity contribution in [3.63, 3.8) is 0 Å². The predicted molar refractivity (Wildman–Crippen MR) is 143 cm³/mol. The maximum absolute atomic E-state index is 12.8. The first-order valence-corrected chi connectivity index (χ1v) is 14.2. The van der Waals surface area contributed by atoms with E-state index < -0.39 is 39.6 Å². The Balaban J connectivity index is 2.26. The van der Waals surface area contributed by atoms with Gasteiger partial charge in [0.05, 0.1) is 11.4 Å². The number of hydrogen-bond donors (Lipinski definition) is 5. The second-order valence-corrected chi connectivity index (χ2v) is 11.3. The Morgan fingerprint density at radius 3 is 2.45 bits per heavy atom. The highest BCUT2D eigenvalue weighted by Gasteiger charge is 2.29. The lowest BCUT2D eigenvalue weighted by atomic mass is 9.79. The molecule has 1 aliphatic heterocycles. The van der Waals surface area contributed by atoms with Crippen molar-refractivity contribution in [2.24, 2.45) is 5.92 Å². The van der Waals surface area contributed by atoms with Crippen LogP contribution < -0.4 is 16.1 Å². The van der Waals surface area contributed by atoms with Crippen molar-refractivity contribution < 1.29 is 32.6 Å². The second kappa shape index (κ2) is 13.0. The summed E-state index contributed by atoms with van der Waals surface area (Å²) in [6.45, 7) is 1.69. The average Bonchev–Trinajstić information content (AvgIpc) is 2.87. The minimum atomic E-state index is -4.26. The van der Waals surface area contributed by atoms with Crippen LogP contribution >= 0.6 is 0 Å². The van der Waals surface area contributed by atoms with E-state index >= 15 is 0 Å². The molecule has 0 spiro atoms. The third kappa shape index (κ3) is 7.86. The van der Waals surface area contributed by atoms with E-state index in [1.165, 1.54) is 7.05 Å². The van der Waals surface area contributed by atoms with Crippen molar-refractivity contribution in [3.8, 4) is 0 Å². The Morgan fingerprint density at radius 2 is 1.82 bits per heavy atom. The van der Waals surface area contributed by atoms with Crippen molar-refractivity contribution in [3.05, 3.63) is 64.7 Å². The van der Waals surface area contributed by atoms with E-state index in [4.69, 9.17) is 0 Å². The van der Waals surface area contributed by atoms with Crippen molar-refractivity contribution in [2.75, 3.05) is 18.3 Å². The number of likely N-dealkylation sites (N-methyl/N-ethyl adjacent to an activating group) is 1. The third-order valence-corrected chi connectivity index (χ3v) is 7.83. The van der Waals surface area contributed by atoms with Crippen LogP contribution in [0.2, 0.25) is 0 Å². The van der Waals surface area contributed by atoms with E-state index in [0.29, 0.717) is 28.8 Å². The summed E-state index contributed by atoms with van der Waals surface area (Å²) in [5.74, 6) is -2.29. The van der Waals surface area contributed by atoms with Crippen molar-refractivity contribution in [2.45, 2.75) is 57.4 Å². The van der Waals surface area contributed by atoms with Crippen LogP contribution in [0.15, 0.2) is 42.5 Å². The van der Waals surface area contributed by atoms with Crippen LogP contribution in [-0.2, 0) is 37.3 Å². The molecule has 1 aliphatic rings. The molecule has 3 rings (SSSR count). The summed E-state index contributed by atoms with van der Waals surface area (Å²) in [6.07, 6.45) is 0.873. The molecule has 0 aromatic heterocycles. The number of anilines is 1. The molecule has 38 heavy (non-hydrogen) atoms. The number of carbonyl (C=O) groups excluding carboxylic acids is 3. The summed E-state index contributed by atoms with van der Waals surface area (Å²) in [5, 5.41) is 15.4. The zero-order valence-electron chi connectivity index (χ0n) is 21.6. The molecule has 2 bridgehead atoms. The molecule has 3 atom stereocenters. The summed E-state index contributed by atoms with van der Waals surface area (Å²) in [5.41, 5.74) is 5.58. The molecule has 5 N–H and O–H groups in total. The summed E-state index contributed by atoms with van der Waals surface area (Å²) >= 11 is 0. The summed E-state index contributed by atoms with van der Waals surface area (Å²) in [6, 6.07) is 11.9. The zero-order chi connectivity index (χ0) is 27.9. The van der Waals surface area contributed by atoms with Gasteiger partial charge in [0.25, 0.3) is 10.1 Å². The highest BCUT2D eigenvalue weighted by Crippen LogP contribution is 2.39. The molecule has 1 heterocycles. The maximum atomic E-state index is 12.8. The molecule has 206 valence electrons. The minimum Gasteiger partial charge on any atom is -0.357 e. The highest BCUT2D eigenvalue weighted by molar-refractivity contribution is 7.85. The number of rotatable bonds is 7. The van der Waals surface area contributed by atoms with Crippen molar-refractivity contribution in [1.82, 2.24) is 10.6 Å². The lowest BCUT2D eigenvalue weighted by molar-refractivity contribution is -0.129. The van der Waals surface area contributed by atoms with Crippen LogP contribution in [0.4, 0.5) is 5.69 Å². The van der Waals surface area contributed by atoms with Gasteiger partial charge >= 0.3 is 0 Å². The van der Waals surface area contributed by atoms with Gasteiger partial charge in [0, 0.05) is 38.6 Å². The first-order chi connectivity index (χ1) is 18.0. The SMILES string of the molecule is CNC(=O)C1Cc2ccc(NO)c(c2C[C@@H](C)CS(=O)(=O)O)C(c2ccccc2)CCC(=O)CCC(=O)N1. The summed E-state index contributed by atoms with van der Waals surface area (Å²) in [4.78, 5) is 38.1. The maximum Gasteiger partial charge on any atom is 0.265 e. The number of ketones is 1. The lowest BCUT2D eigenvalue weighted by Crippen LogP contribution is -2.47. The fraction of sp³-hybridized carbons (Fsp3) is 0.444. The van der Waals surface area contributed by atoms with E-state index in [1.54, 1.807) is 19.1 Å². The largest absolute Gasteiger partial charge is 0.357 e. The van der Waals surface area contributed by atoms with E-state index in [-0.39, 0.29) is 43.8 Å². The Morgan fingerprint density at radius 1 is 1.11 bits per heavy atom. The van der Waals surface area contributed by atoms with Gasteiger partial charge in [0.15, 0.2) is 0 Å². The van der Waals surface area contributed by atoms with Gasteiger partial charge in [-0.05, 0) is 47.1 Å². The number of benzene rings is 2. The number of nitrogens with one attached hydrogen (secondary N) is 3. The summed E-state index contributed by atoms with van der Waals surface area (Å²) in [7, 11) is -2.80. The van der Waals surface area contributed by atoms with Crippen molar-refractivity contribution in [1.29, 1.82) is 0 Å². The normalized spacial score (nSPS) is 19.8. The quantitative estimate of drug-likeness (QED) is 0.262. The number of carbonyl (C=O) groups is 3. The van der Waals surface area contributed by atoms with Crippen LogP contribution in [0.1, 0.15) is 60.8 Å². The molecule has 2 aromatic rings. The molecular weight excluding hydrogens is 510 g/mol. The number of amides is 2. The first kappa shape index (κ1) is 29.3. The fourth-order valence-electron chi connectivity index (χ4n) is 5.12. The van der Waals surface area contributed by atoms with Gasteiger partial charge in [-0.2, -0.15) is 8.42 Å². The van der Waals surface area contributed by atoms with E-state index in [1.807, 2.05) is 30.3 Å². The molecule has 0 saturated heterocycles. The molecule has 2 unspecified atom stereocenters. The van der Waals surface area contributed by atoms with Gasteiger partial charge < -0.3 is 10.6 Å². The molecule has 10 nitrogen and oxygen atoms in total. The predicted octanol–water partition coefficient (Wildman–Crippen LogP) is 2.60. The molecule has 2 aromatic carbocycles. The number of fused-ring (bicyclic) bond motifs is 2. The second-order valence-electron chi connectivity index (χ2n) is 9.81. The zero-order valence-corrected chi connectivity index (χ0v) is 22.4. The molecule has 0 saturated carbocycles. The van der Waals surface area contributed by atoms with E-state index in [0.717, 1.165) is 5.56 Å². The van der Waals surface area contributed by atoms with Crippen molar-refractivity contribution >= 4 is 33.4 Å². The van der Waals surface area contributed by atoms with Crippen LogP contribution in [0.3, 0.4) is 0 Å². The third-order valence-electron chi connectivity index (χ3n) is 6.84. The minimum absolute atomic E-state index is 0.0365. The number of hydrogen-bond acceptors (Lipinski definition) is 7. The van der Waals surface area contributed by atoms with Gasteiger partial charge in [-0.1, -0.05) is 43.3 Å². The molecule has 0 radical (unpaired) electrons. The van der Waals surface area contributed by atoms with Crippen LogP contribution in [0, 0.1) is 5.92 Å². The number of Topliss-reactive ketones (excluding diaryl/α,β-unsaturated/α-hetero) is 1. The van der Waals surface area contributed by atoms with Gasteiger partial charge in [-0.3, -0.25) is 29.6 Å². The molecular formula is C27H35N3O7S. The Labute approximate surface area is 222 Å². The van der Waals surface area contributed by atoms with Gasteiger partial charge in [0.1, 0.15) is 11.8 Å². The summed E-state index contributed by atoms with van der Waals surface area (Å²) < 4.78 is 32.8. The Kier molecular flexibility index (Phi) is 10.0. The fourth-order valence-corrected chi connectivity index (χ4v) is 5.96.